The van der Waals surface area contributed by atoms with Crippen molar-refractivity contribution in [2.45, 2.75) is 26.2 Å². The van der Waals surface area contributed by atoms with Gasteiger partial charge in [0.15, 0.2) is 0 Å². The second-order valence-electron chi connectivity index (χ2n) is 3.33. The first-order chi connectivity index (χ1) is 6.34. The minimum atomic E-state index is 0.134. The fourth-order valence-electron chi connectivity index (χ4n) is 1.52. The van der Waals surface area contributed by atoms with Crippen molar-refractivity contribution in [2.24, 2.45) is 5.92 Å². The van der Waals surface area contributed by atoms with E-state index in [1.54, 1.807) is 0 Å². The molecule has 1 aliphatic rings. The molecule has 1 rings (SSSR count). The number of hydrogen-bond acceptors (Lipinski definition) is 3. The highest BCUT2D eigenvalue weighted by atomic mass is 16.5. The largest absolute Gasteiger partial charge is 0.382 e. The van der Waals surface area contributed by atoms with E-state index in [9.17, 15) is 4.79 Å². The van der Waals surface area contributed by atoms with Gasteiger partial charge in [-0.3, -0.25) is 4.79 Å². The molecule has 0 aliphatic carbocycles. The normalized spacial score (nSPS) is 23.5. The predicted octanol–water partition coefficient (Wildman–Crippen LogP) is 1.41. The fourth-order valence-corrected chi connectivity index (χ4v) is 1.52. The Balaban J connectivity index is 2.08. The molecule has 0 N–H and O–H groups in total. The monoisotopic (exact) mass is 186 g/mol. The highest BCUT2D eigenvalue weighted by Crippen LogP contribution is 2.15. The second kappa shape index (κ2) is 6.11. The lowest BCUT2D eigenvalue weighted by Crippen LogP contribution is -2.27. The molecular formula is C10H18O3. The molecule has 1 aliphatic heterocycles. The van der Waals surface area contributed by atoms with Crippen LogP contribution in [0.4, 0.5) is 0 Å². The Kier molecular flexibility index (Phi) is 5.01. The maximum Gasteiger partial charge on any atom is 0.140 e. The molecule has 0 radical (unpaired) electrons. The second-order valence-corrected chi connectivity index (χ2v) is 3.33. The molecule has 0 aromatic heterocycles. The van der Waals surface area contributed by atoms with Crippen LogP contribution in [-0.2, 0) is 14.3 Å². The molecule has 0 bridgehead atoms. The van der Waals surface area contributed by atoms with Gasteiger partial charge in [-0.25, -0.2) is 0 Å². The van der Waals surface area contributed by atoms with E-state index in [4.69, 9.17) is 9.47 Å². The Morgan fingerprint density at radius 3 is 3.15 bits per heavy atom. The van der Waals surface area contributed by atoms with Crippen LogP contribution in [0.5, 0.6) is 0 Å². The summed E-state index contributed by atoms with van der Waals surface area (Å²) in [7, 11) is 0. The average Bonchev–Trinajstić information content (AvgIpc) is 2.15. The molecule has 1 saturated heterocycles. The molecule has 0 spiro atoms. The summed E-state index contributed by atoms with van der Waals surface area (Å²) < 4.78 is 10.5. The summed E-state index contributed by atoms with van der Waals surface area (Å²) in [6.07, 6.45) is 2.48. The van der Waals surface area contributed by atoms with Gasteiger partial charge in [-0.05, 0) is 19.8 Å². The molecule has 76 valence electrons. The Labute approximate surface area is 79.4 Å². The van der Waals surface area contributed by atoms with Crippen molar-refractivity contribution < 1.29 is 14.3 Å². The maximum absolute atomic E-state index is 11.3. The van der Waals surface area contributed by atoms with Crippen molar-refractivity contribution in [3.05, 3.63) is 0 Å². The molecule has 1 fully saturated rings. The molecule has 1 heterocycles. The zero-order chi connectivity index (χ0) is 9.52. The summed E-state index contributed by atoms with van der Waals surface area (Å²) in [6.45, 7) is 4.73. The van der Waals surface area contributed by atoms with Crippen LogP contribution in [0.25, 0.3) is 0 Å². The summed E-state index contributed by atoms with van der Waals surface area (Å²) in [4.78, 5) is 11.3. The quantitative estimate of drug-likeness (QED) is 0.609. The van der Waals surface area contributed by atoms with E-state index in [0.29, 0.717) is 25.4 Å². The van der Waals surface area contributed by atoms with E-state index in [1.807, 2.05) is 6.92 Å². The number of carbonyl (C=O) groups excluding carboxylic acids is 1. The van der Waals surface area contributed by atoms with Crippen LogP contribution >= 0.6 is 0 Å². The number of rotatable bonds is 5. The van der Waals surface area contributed by atoms with Gasteiger partial charge in [-0.1, -0.05) is 0 Å². The van der Waals surface area contributed by atoms with E-state index in [1.165, 1.54) is 0 Å². The smallest absolute Gasteiger partial charge is 0.140 e. The van der Waals surface area contributed by atoms with Crippen LogP contribution in [0.15, 0.2) is 0 Å². The van der Waals surface area contributed by atoms with Gasteiger partial charge in [-0.15, -0.1) is 0 Å². The molecule has 3 heteroatoms. The first kappa shape index (κ1) is 10.7. The number of carbonyl (C=O) groups is 1. The van der Waals surface area contributed by atoms with Gasteiger partial charge in [0.05, 0.1) is 13.2 Å². The standard InChI is InChI=1S/C10H18O3/c1-2-12-6-3-4-9-8-13-7-5-10(9)11/h9H,2-8H2,1H3. The predicted molar refractivity (Wildman–Crippen MR) is 49.7 cm³/mol. The van der Waals surface area contributed by atoms with E-state index in [-0.39, 0.29) is 5.92 Å². The molecule has 0 aromatic carbocycles. The zero-order valence-electron chi connectivity index (χ0n) is 8.25. The first-order valence-electron chi connectivity index (χ1n) is 5.02. The van der Waals surface area contributed by atoms with Crippen molar-refractivity contribution in [3.63, 3.8) is 0 Å². The van der Waals surface area contributed by atoms with Crippen molar-refractivity contribution in [2.75, 3.05) is 26.4 Å². The summed E-state index contributed by atoms with van der Waals surface area (Å²) >= 11 is 0. The number of Topliss-reactive ketones (excluding diaryl/α,β-unsaturated/α-hetero) is 1. The van der Waals surface area contributed by atoms with Gasteiger partial charge < -0.3 is 9.47 Å². The SMILES string of the molecule is CCOCCCC1COCCC1=O. The average molecular weight is 186 g/mol. The molecule has 1 atom stereocenters. The van der Waals surface area contributed by atoms with Gasteiger partial charge in [0.2, 0.25) is 0 Å². The van der Waals surface area contributed by atoms with Crippen LogP contribution < -0.4 is 0 Å². The van der Waals surface area contributed by atoms with Crippen LogP contribution in [0, 0.1) is 5.92 Å². The van der Waals surface area contributed by atoms with Gasteiger partial charge in [0, 0.05) is 25.6 Å². The lowest BCUT2D eigenvalue weighted by atomic mass is 9.96. The fraction of sp³-hybridized carbons (Fsp3) is 0.900. The highest BCUT2D eigenvalue weighted by Gasteiger charge is 2.21. The Hall–Kier alpha value is -0.410. The van der Waals surface area contributed by atoms with E-state index in [0.717, 1.165) is 26.1 Å². The van der Waals surface area contributed by atoms with Crippen LogP contribution in [0.3, 0.4) is 0 Å². The first-order valence-corrected chi connectivity index (χ1v) is 5.02. The molecular weight excluding hydrogens is 168 g/mol. The molecule has 3 nitrogen and oxygen atoms in total. The summed E-state index contributed by atoms with van der Waals surface area (Å²) in [5.74, 6) is 0.497. The summed E-state index contributed by atoms with van der Waals surface area (Å²) in [5, 5.41) is 0. The maximum atomic E-state index is 11.3. The Bertz CT molecular complexity index is 156. The zero-order valence-corrected chi connectivity index (χ0v) is 8.25. The highest BCUT2D eigenvalue weighted by molar-refractivity contribution is 5.81. The molecule has 0 saturated carbocycles. The Morgan fingerprint density at radius 1 is 1.62 bits per heavy atom. The third-order valence-corrected chi connectivity index (χ3v) is 2.31. The summed E-state index contributed by atoms with van der Waals surface area (Å²) in [5.41, 5.74) is 0. The van der Waals surface area contributed by atoms with E-state index in [2.05, 4.69) is 0 Å². The Morgan fingerprint density at radius 2 is 2.46 bits per heavy atom. The van der Waals surface area contributed by atoms with Gasteiger partial charge in [-0.2, -0.15) is 0 Å². The summed E-state index contributed by atoms with van der Waals surface area (Å²) in [6, 6.07) is 0. The van der Waals surface area contributed by atoms with Crippen molar-refractivity contribution in [3.8, 4) is 0 Å². The van der Waals surface area contributed by atoms with Gasteiger partial charge in [0.25, 0.3) is 0 Å². The van der Waals surface area contributed by atoms with Gasteiger partial charge >= 0.3 is 0 Å². The minimum absolute atomic E-state index is 0.134. The lowest BCUT2D eigenvalue weighted by molar-refractivity contribution is -0.130. The van der Waals surface area contributed by atoms with Crippen molar-refractivity contribution in [1.29, 1.82) is 0 Å². The van der Waals surface area contributed by atoms with E-state index >= 15 is 0 Å². The number of hydrogen-bond donors (Lipinski definition) is 0. The van der Waals surface area contributed by atoms with E-state index < -0.39 is 0 Å². The number of ketones is 1. The van der Waals surface area contributed by atoms with Gasteiger partial charge in [0.1, 0.15) is 5.78 Å². The molecule has 0 aromatic rings. The lowest BCUT2D eigenvalue weighted by Gasteiger charge is -2.20. The van der Waals surface area contributed by atoms with Crippen LogP contribution in [-0.4, -0.2) is 32.2 Å². The van der Waals surface area contributed by atoms with Crippen LogP contribution in [0.1, 0.15) is 26.2 Å². The molecule has 13 heavy (non-hydrogen) atoms. The molecule has 0 amide bonds. The third-order valence-electron chi connectivity index (χ3n) is 2.31. The topological polar surface area (TPSA) is 35.5 Å². The number of ether oxygens (including phenoxy) is 2. The third kappa shape index (κ3) is 3.87. The van der Waals surface area contributed by atoms with Crippen molar-refractivity contribution >= 4 is 5.78 Å². The minimum Gasteiger partial charge on any atom is -0.382 e. The van der Waals surface area contributed by atoms with Crippen molar-refractivity contribution in [1.82, 2.24) is 0 Å². The van der Waals surface area contributed by atoms with Crippen LogP contribution in [0.2, 0.25) is 0 Å². The molecule has 1 unspecified atom stereocenters.